The molecule has 0 aromatic heterocycles. The molecule has 0 spiro atoms. The molecule has 1 aliphatic carbocycles. The molecule has 0 aromatic carbocycles. The van der Waals surface area contributed by atoms with Gasteiger partial charge in [-0.05, 0) is 30.8 Å². The number of aliphatic carboxylic acids is 1. The van der Waals surface area contributed by atoms with Crippen molar-refractivity contribution in [3.05, 3.63) is 23.3 Å². The monoisotopic (exact) mass is 194 g/mol. The smallest absolute Gasteiger partial charge is 0.303 e. The molecule has 0 fully saturated rings. The first-order valence-corrected chi connectivity index (χ1v) is 5.21. The Morgan fingerprint density at radius 1 is 1.57 bits per heavy atom. The molecule has 0 aromatic rings. The van der Waals surface area contributed by atoms with Crippen molar-refractivity contribution in [3.63, 3.8) is 0 Å². The van der Waals surface area contributed by atoms with E-state index in [-0.39, 0.29) is 6.42 Å². The summed E-state index contributed by atoms with van der Waals surface area (Å²) in [5.74, 6) is -0.151. The fourth-order valence-electron chi connectivity index (χ4n) is 1.66. The second-order valence-electron chi connectivity index (χ2n) is 4.09. The average Bonchev–Trinajstić information content (AvgIpc) is 2.15. The first-order chi connectivity index (χ1) is 6.59. The molecule has 0 unspecified atom stereocenters. The van der Waals surface area contributed by atoms with Crippen molar-refractivity contribution >= 4 is 5.97 Å². The summed E-state index contributed by atoms with van der Waals surface area (Å²) >= 11 is 0. The van der Waals surface area contributed by atoms with Crippen molar-refractivity contribution in [3.8, 4) is 0 Å². The topological polar surface area (TPSA) is 37.3 Å². The molecule has 1 N–H and O–H groups in total. The molecular weight excluding hydrogens is 176 g/mol. The van der Waals surface area contributed by atoms with E-state index in [9.17, 15) is 4.79 Å². The maximum Gasteiger partial charge on any atom is 0.303 e. The third kappa shape index (κ3) is 3.36. The SMILES string of the molecule is CC(C)C1=CCCC(CCC(=O)O)=C1. The summed E-state index contributed by atoms with van der Waals surface area (Å²) in [5.41, 5.74) is 2.65. The number of rotatable bonds is 4. The lowest BCUT2D eigenvalue weighted by Crippen LogP contribution is -2.01. The summed E-state index contributed by atoms with van der Waals surface area (Å²) in [4.78, 5) is 10.4. The number of carboxylic acid groups (broad SMARTS) is 1. The molecule has 0 saturated carbocycles. The van der Waals surface area contributed by atoms with Crippen molar-refractivity contribution in [2.24, 2.45) is 5.92 Å². The van der Waals surface area contributed by atoms with Crippen LogP contribution in [-0.2, 0) is 4.79 Å². The largest absolute Gasteiger partial charge is 0.481 e. The summed E-state index contributed by atoms with van der Waals surface area (Å²) in [5, 5.41) is 8.58. The van der Waals surface area contributed by atoms with Crippen LogP contribution in [0.5, 0.6) is 0 Å². The maximum absolute atomic E-state index is 10.4. The van der Waals surface area contributed by atoms with Crippen LogP contribution in [0.3, 0.4) is 0 Å². The van der Waals surface area contributed by atoms with Crippen LogP contribution in [0.25, 0.3) is 0 Å². The number of allylic oxidation sites excluding steroid dienone is 4. The van der Waals surface area contributed by atoms with E-state index in [4.69, 9.17) is 5.11 Å². The van der Waals surface area contributed by atoms with Gasteiger partial charge in [0.05, 0.1) is 0 Å². The first-order valence-electron chi connectivity index (χ1n) is 5.21. The molecular formula is C12H18O2. The number of hydrogen-bond acceptors (Lipinski definition) is 1. The first kappa shape index (κ1) is 11.0. The molecule has 2 heteroatoms. The second kappa shape index (κ2) is 4.99. The van der Waals surface area contributed by atoms with Crippen LogP contribution in [-0.4, -0.2) is 11.1 Å². The van der Waals surface area contributed by atoms with Crippen LogP contribution in [0.2, 0.25) is 0 Å². The zero-order chi connectivity index (χ0) is 10.6. The van der Waals surface area contributed by atoms with Crippen molar-refractivity contribution in [1.82, 2.24) is 0 Å². The molecule has 1 aliphatic rings. The van der Waals surface area contributed by atoms with Gasteiger partial charge in [0.25, 0.3) is 0 Å². The quantitative estimate of drug-likeness (QED) is 0.746. The Labute approximate surface area is 85.3 Å². The lowest BCUT2D eigenvalue weighted by atomic mass is 9.91. The highest BCUT2D eigenvalue weighted by atomic mass is 16.4. The van der Waals surface area contributed by atoms with Crippen molar-refractivity contribution in [1.29, 1.82) is 0 Å². The standard InChI is InChI=1S/C12H18O2/c1-9(2)11-5-3-4-10(8-11)6-7-12(13)14/h5,8-9H,3-4,6-7H2,1-2H3,(H,13,14). The Kier molecular flexibility index (Phi) is 3.93. The number of hydrogen-bond donors (Lipinski definition) is 1. The van der Waals surface area contributed by atoms with Gasteiger partial charge in [-0.1, -0.05) is 31.6 Å². The van der Waals surface area contributed by atoms with Crippen LogP contribution >= 0.6 is 0 Å². The van der Waals surface area contributed by atoms with Gasteiger partial charge in [-0.15, -0.1) is 0 Å². The third-order valence-electron chi connectivity index (χ3n) is 2.54. The molecule has 2 nitrogen and oxygen atoms in total. The molecule has 0 bridgehead atoms. The zero-order valence-electron chi connectivity index (χ0n) is 8.92. The van der Waals surface area contributed by atoms with E-state index in [1.54, 1.807) is 0 Å². The Balaban J connectivity index is 2.54. The Morgan fingerprint density at radius 2 is 2.29 bits per heavy atom. The molecule has 0 amide bonds. The van der Waals surface area contributed by atoms with Gasteiger partial charge in [-0.25, -0.2) is 0 Å². The van der Waals surface area contributed by atoms with Gasteiger partial charge >= 0.3 is 5.97 Å². The average molecular weight is 194 g/mol. The van der Waals surface area contributed by atoms with Gasteiger partial charge in [0.15, 0.2) is 0 Å². The van der Waals surface area contributed by atoms with Crippen molar-refractivity contribution in [2.75, 3.05) is 0 Å². The van der Waals surface area contributed by atoms with Gasteiger partial charge in [0.1, 0.15) is 0 Å². The Morgan fingerprint density at radius 3 is 2.86 bits per heavy atom. The van der Waals surface area contributed by atoms with Crippen molar-refractivity contribution in [2.45, 2.75) is 39.5 Å². The summed E-state index contributed by atoms with van der Waals surface area (Å²) in [6.45, 7) is 4.34. The van der Waals surface area contributed by atoms with E-state index < -0.39 is 5.97 Å². The van der Waals surface area contributed by atoms with E-state index in [1.165, 1.54) is 11.1 Å². The van der Waals surface area contributed by atoms with E-state index in [1.807, 2.05) is 0 Å². The van der Waals surface area contributed by atoms with Crippen molar-refractivity contribution < 1.29 is 9.90 Å². The van der Waals surface area contributed by atoms with E-state index in [0.29, 0.717) is 12.3 Å². The maximum atomic E-state index is 10.4. The minimum Gasteiger partial charge on any atom is -0.481 e. The lowest BCUT2D eigenvalue weighted by molar-refractivity contribution is -0.136. The van der Waals surface area contributed by atoms with E-state index in [0.717, 1.165) is 12.8 Å². The Bertz CT molecular complexity index is 272. The van der Waals surface area contributed by atoms with Gasteiger partial charge in [-0.2, -0.15) is 0 Å². The zero-order valence-corrected chi connectivity index (χ0v) is 8.92. The van der Waals surface area contributed by atoms with Crippen LogP contribution in [0.1, 0.15) is 39.5 Å². The highest BCUT2D eigenvalue weighted by Crippen LogP contribution is 2.25. The summed E-state index contributed by atoms with van der Waals surface area (Å²) in [6.07, 6.45) is 7.51. The summed E-state index contributed by atoms with van der Waals surface area (Å²) < 4.78 is 0. The van der Waals surface area contributed by atoms with E-state index >= 15 is 0 Å². The predicted octanol–water partition coefficient (Wildman–Crippen LogP) is 3.15. The fraction of sp³-hybridized carbons (Fsp3) is 0.583. The van der Waals surface area contributed by atoms with E-state index in [2.05, 4.69) is 26.0 Å². The van der Waals surface area contributed by atoms with Gasteiger partial charge in [0, 0.05) is 6.42 Å². The highest BCUT2D eigenvalue weighted by Gasteiger charge is 2.09. The number of carboxylic acids is 1. The van der Waals surface area contributed by atoms with Gasteiger partial charge in [0.2, 0.25) is 0 Å². The highest BCUT2D eigenvalue weighted by molar-refractivity contribution is 5.67. The molecule has 0 atom stereocenters. The minimum atomic E-state index is -0.702. The van der Waals surface area contributed by atoms with Crippen LogP contribution in [0.15, 0.2) is 23.3 Å². The van der Waals surface area contributed by atoms with Crippen LogP contribution < -0.4 is 0 Å². The fourth-order valence-corrected chi connectivity index (χ4v) is 1.66. The predicted molar refractivity (Wildman–Crippen MR) is 57.1 cm³/mol. The van der Waals surface area contributed by atoms with Gasteiger partial charge < -0.3 is 5.11 Å². The third-order valence-corrected chi connectivity index (χ3v) is 2.54. The van der Waals surface area contributed by atoms with Crippen LogP contribution in [0.4, 0.5) is 0 Å². The summed E-state index contributed by atoms with van der Waals surface area (Å²) in [6, 6.07) is 0. The molecule has 14 heavy (non-hydrogen) atoms. The molecule has 1 rings (SSSR count). The number of carbonyl (C=O) groups is 1. The second-order valence-corrected chi connectivity index (χ2v) is 4.09. The lowest BCUT2D eigenvalue weighted by Gasteiger charge is -2.15. The van der Waals surface area contributed by atoms with Gasteiger partial charge in [-0.3, -0.25) is 4.79 Å². The molecule has 0 heterocycles. The van der Waals surface area contributed by atoms with Crippen LogP contribution in [0, 0.1) is 5.92 Å². The Hall–Kier alpha value is -1.05. The molecule has 0 saturated heterocycles. The minimum absolute atomic E-state index is 0.261. The normalized spacial score (nSPS) is 16.5. The molecule has 0 radical (unpaired) electrons. The molecule has 0 aliphatic heterocycles. The molecule has 78 valence electrons. The summed E-state index contributed by atoms with van der Waals surface area (Å²) in [7, 11) is 0.